The number of hydrogen-bond acceptors (Lipinski definition) is 3. The molecule has 17 heavy (non-hydrogen) atoms. The van der Waals surface area contributed by atoms with Gasteiger partial charge >= 0.3 is 0 Å². The van der Waals surface area contributed by atoms with Crippen molar-refractivity contribution in [3.05, 3.63) is 31.2 Å². The smallest absolute Gasteiger partial charge is 0.119 e. The third-order valence-electron chi connectivity index (χ3n) is 3.20. The van der Waals surface area contributed by atoms with E-state index < -0.39 is 0 Å². The summed E-state index contributed by atoms with van der Waals surface area (Å²) in [6, 6.07) is 8.38. The fraction of sp³-hybridized carbons (Fsp3) is 0.500. The van der Waals surface area contributed by atoms with E-state index in [2.05, 4.69) is 28.9 Å². The third kappa shape index (κ3) is 3.13. The molecular weight excluding hydrogens is 212 g/mol. The summed E-state index contributed by atoms with van der Waals surface area (Å²) in [5.41, 5.74) is 1.29. The minimum atomic E-state index is 0.724. The molecule has 1 aromatic rings. The average Bonchev–Trinajstić information content (AvgIpc) is 2.40. The van der Waals surface area contributed by atoms with Gasteiger partial charge in [-0.15, -0.1) is 0 Å². The molecule has 0 aliphatic carbocycles. The molecule has 1 aromatic carbocycles. The summed E-state index contributed by atoms with van der Waals surface area (Å²) in [5, 5.41) is 0. The fourth-order valence-electron chi connectivity index (χ4n) is 2.15. The molecule has 0 bridgehead atoms. The molecule has 1 radical (unpaired) electrons. The summed E-state index contributed by atoms with van der Waals surface area (Å²) in [4.78, 5) is 4.80. The van der Waals surface area contributed by atoms with Gasteiger partial charge in [0.15, 0.2) is 0 Å². The van der Waals surface area contributed by atoms with Crippen molar-refractivity contribution < 1.29 is 4.74 Å². The minimum Gasteiger partial charge on any atom is -0.494 e. The van der Waals surface area contributed by atoms with Gasteiger partial charge in [-0.3, -0.25) is 4.90 Å². The lowest BCUT2D eigenvalue weighted by atomic mass is 10.2. The molecule has 1 aliphatic rings. The zero-order valence-corrected chi connectivity index (χ0v) is 10.6. The van der Waals surface area contributed by atoms with Crippen LogP contribution in [-0.4, -0.2) is 44.2 Å². The van der Waals surface area contributed by atoms with Gasteiger partial charge in [0.2, 0.25) is 0 Å². The number of ether oxygens (including phenoxy) is 1. The topological polar surface area (TPSA) is 15.7 Å². The highest BCUT2D eigenvalue weighted by molar-refractivity contribution is 5.49. The summed E-state index contributed by atoms with van der Waals surface area (Å²) in [6.45, 7) is 12.0. The molecule has 1 saturated heterocycles. The lowest BCUT2D eigenvalue weighted by Gasteiger charge is -2.35. The molecule has 3 nitrogen and oxygen atoms in total. The van der Waals surface area contributed by atoms with Gasteiger partial charge in [0.05, 0.1) is 6.61 Å². The molecule has 93 valence electrons. The molecule has 0 amide bonds. The van der Waals surface area contributed by atoms with Crippen LogP contribution in [0.4, 0.5) is 5.69 Å². The van der Waals surface area contributed by atoms with Crippen molar-refractivity contribution in [2.75, 3.05) is 44.2 Å². The number of benzene rings is 1. The highest BCUT2D eigenvalue weighted by Crippen LogP contribution is 2.20. The van der Waals surface area contributed by atoms with Gasteiger partial charge in [0, 0.05) is 31.9 Å². The van der Waals surface area contributed by atoms with Crippen LogP contribution in [0.1, 0.15) is 6.92 Å². The zero-order chi connectivity index (χ0) is 12.1. The predicted octanol–water partition coefficient (Wildman–Crippen LogP) is 2.04. The van der Waals surface area contributed by atoms with E-state index in [0.717, 1.165) is 45.1 Å². The maximum Gasteiger partial charge on any atom is 0.119 e. The standard InChI is InChI=1S/C14H21N2O/c1-3-15-9-11-16(12-10-15)13-5-7-14(8-6-13)17-4-2/h5-8H,1,3-4,9-12H2,2H3. The van der Waals surface area contributed by atoms with Gasteiger partial charge in [-0.2, -0.15) is 0 Å². The van der Waals surface area contributed by atoms with E-state index in [0.29, 0.717) is 0 Å². The molecule has 1 heterocycles. The van der Waals surface area contributed by atoms with E-state index >= 15 is 0 Å². The van der Waals surface area contributed by atoms with Crippen LogP contribution >= 0.6 is 0 Å². The molecule has 3 heteroatoms. The lowest BCUT2D eigenvalue weighted by Crippen LogP contribution is -2.46. The van der Waals surface area contributed by atoms with Crippen LogP contribution < -0.4 is 9.64 Å². The summed E-state index contributed by atoms with van der Waals surface area (Å²) in [7, 11) is 0. The van der Waals surface area contributed by atoms with Gasteiger partial charge in [0.25, 0.3) is 0 Å². The Kier molecular flexibility index (Phi) is 4.26. The highest BCUT2D eigenvalue weighted by Gasteiger charge is 2.15. The number of anilines is 1. The Bertz CT molecular complexity index is 329. The van der Waals surface area contributed by atoms with Crippen LogP contribution in [-0.2, 0) is 0 Å². The first-order valence-electron chi connectivity index (χ1n) is 6.33. The van der Waals surface area contributed by atoms with Crippen molar-refractivity contribution in [3.63, 3.8) is 0 Å². The second-order valence-corrected chi connectivity index (χ2v) is 4.26. The van der Waals surface area contributed by atoms with Gasteiger partial charge in [-0.25, -0.2) is 0 Å². The molecule has 2 rings (SSSR count). The normalized spacial score (nSPS) is 17.2. The van der Waals surface area contributed by atoms with Crippen LogP contribution in [0.3, 0.4) is 0 Å². The van der Waals surface area contributed by atoms with Gasteiger partial charge < -0.3 is 9.64 Å². The molecule has 1 aliphatic heterocycles. The molecular formula is C14H21N2O. The van der Waals surface area contributed by atoms with E-state index in [-0.39, 0.29) is 0 Å². The van der Waals surface area contributed by atoms with Crippen molar-refractivity contribution >= 4 is 5.69 Å². The van der Waals surface area contributed by atoms with E-state index in [1.54, 1.807) is 0 Å². The fourth-order valence-corrected chi connectivity index (χ4v) is 2.15. The molecule has 0 N–H and O–H groups in total. The molecule has 0 spiro atoms. The van der Waals surface area contributed by atoms with Gasteiger partial charge in [-0.1, -0.05) is 0 Å². The summed E-state index contributed by atoms with van der Waals surface area (Å²) in [6.07, 6.45) is 0. The van der Waals surface area contributed by atoms with E-state index in [9.17, 15) is 0 Å². The third-order valence-corrected chi connectivity index (χ3v) is 3.20. The van der Waals surface area contributed by atoms with E-state index in [1.165, 1.54) is 5.69 Å². The van der Waals surface area contributed by atoms with Crippen molar-refractivity contribution in [2.24, 2.45) is 0 Å². The monoisotopic (exact) mass is 233 g/mol. The summed E-state index contributed by atoms with van der Waals surface area (Å²) < 4.78 is 5.45. The lowest BCUT2D eigenvalue weighted by molar-refractivity contribution is 0.283. The van der Waals surface area contributed by atoms with Gasteiger partial charge in [0.1, 0.15) is 5.75 Å². The molecule has 0 aromatic heterocycles. The SMILES string of the molecule is [CH2]CN1CCN(c2ccc(OCC)cc2)CC1. The maximum atomic E-state index is 5.45. The van der Waals surface area contributed by atoms with Crippen LogP contribution in [0.5, 0.6) is 5.75 Å². The molecule has 0 atom stereocenters. The van der Waals surface area contributed by atoms with E-state index in [1.807, 2.05) is 19.1 Å². The second-order valence-electron chi connectivity index (χ2n) is 4.26. The largest absolute Gasteiger partial charge is 0.494 e. The van der Waals surface area contributed by atoms with Crippen LogP contribution in [0, 0.1) is 6.92 Å². The Morgan fingerprint density at radius 2 is 1.76 bits per heavy atom. The molecule has 0 unspecified atom stereocenters. The summed E-state index contributed by atoms with van der Waals surface area (Å²) in [5.74, 6) is 0.952. The minimum absolute atomic E-state index is 0.724. The number of rotatable bonds is 4. The molecule has 1 fully saturated rings. The van der Waals surface area contributed by atoms with E-state index in [4.69, 9.17) is 4.74 Å². The molecule has 0 saturated carbocycles. The quantitative estimate of drug-likeness (QED) is 0.791. The Morgan fingerprint density at radius 3 is 2.29 bits per heavy atom. The summed E-state index contributed by atoms with van der Waals surface area (Å²) >= 11 is 0. The number of piperazine rings is 1. The zero-order valence-electron chi connectivity index (χ0n) is 10.6. The van der Waals surface area contributed by atoms with Crippen molar-refractivity contribution in [2.45, 2.75) is 6.92 Å². The van der Waals surface area contributed by atoms with Crippen molar-refractivity contribution in [1.29, 1.82) is 0 Å². The Labute approximate surface area is 104 Å². The number of hydrogen-bond donors (Lipinski definition) is 0. The Morgan fingerprint density at radius 1 is 1.12 bits per heavy atom. The van der Waals surface area contributed by atoms with Crippen molar-refractivity contribution in [1.82, 2.24) is 4.90 Å². The average molecular weight is 233 g/mol. The first kappa shape index (κ1) is 12.2. The highest BCUT2D eigenvalue weighted by atomic mass is 16.5. The van der Waals surface area contributed by atoms with Crippen LogP contribution in [0.2, 0.25) is 0 Å². The Hall–Kier alpha value is -1.22. The number of nitrogens with zero attached hydrogens (tertiary/aromatic N) is 2. The van der Waals surface area contributed by atoms with Gasteiger partial charge in [-0.05, 0) is 44.7 Å². The Balaban J connectivity index is 1.94. The second kappa shape index (κ2) is 5.92. The first-order valence-corrected chi connectivity index (χ1v) is 6.33. The predicted molar refractivity (Wildman–Crippen MR) is 71.6 cm³/mol. The maximum absolute atomic E-state index is 5.45. The van der Waals surface area contributed by atoms with Crippen molar-refractivity contribution in [3.8, 4) is 5.75 Å². The first-order chi connectivity index (χ1) is 8.33. The van der Waals surface area contributed by atoms with Crippen LogP contribution in [0.15, 0.2) is 24.3 Å². The van der Waals surface area contributed by atoms with Crippen LogP contribution in [0.25, 0.3) is 0 Å².